The van der Waals surface area contributed by atoms with Gasteiger partial charge in [0.05, 0.1) is 6.04 Å². The second-order valence-corrected chi connectivity index (χ2v) is 7.32. The lowest BCUT2D eigenvalue weighted by molar-refractivity contribution is -0.117. The fourth-order valence-corrected chi connectivity index (χ4v) is 2.61. The standard InChI is InChI=1S/C18H14F5NO4S/c1-11(24-17(25)8-6-12-5-7-14(19)10-16(12)20)13-3-2-4-15(9-13)28-29(26,27)18(21,22)23/h2-11H,1H3,(H,24,25)/b8-6+/t11-/m0/s1. The summed E-state index contributed by atoms with van der Waals surface area (Å²) in [5.41, 5.74) is -5.35. The molecule has 1 amide bonds. The predicted octanol–water partition coefficient (Wildman–Crippen LogP) is 4.08. The molecule has 0 unspecified atom stereocenters. The van der Waals surface area contributed by atoms with Crippen LogP contribution < -0.4 is 9.50 Å². The van der Waals surface area contributed by atoms with Gasteiger partial charge in [0.15, 0.2) is 0 Å². The van der Waals surface area contributed by atoms with E-state index in [2.05, 4.69) is 9.50 Å². The molecular weight excluding hydrogens is 421 g/mol. The van der Waals surface area contributed by atoms with E-state index in [4.69, 9.17) is 0 Å². The number of hydrogen-bond acceptors (Lipinski definition) is 4. The number of carbonyl (C=O) groups excluding carboxylic acids is 1. The summed E-state index contributed by atoms with van der Waals surface area (Å²) in [7, 11) is -5.82. The maximum Gasteiger partial charge on any atom is 0.534 e. The van der Waals surface area contributed by atoms with Gasteiger partial charge in [-0.05, 0) is 42.8 Å². The Labute approximate surface area is 162 Å². The zero-order valence-corrected chi connectivity index (χ0v) is 15.5. The maximum absolute atomic E-state index is 13.5. The molecule has 1 N–H and O–H groups in total. The van der Waals surface area contributed by atoms with Crippen LogP contribution in [-0.4, -0.2) is 19.8 Å². The number of alkyl halides is 3. The summed E-state index contributed by atoms with van der Waals surface area (Å²) in [6, 6.07) is 6.78. The van der Waals surface area contributed by atoms with Crippen molar-refractivity contribution in [1.29, 1.82) is 0 Å². The Morgan fingerprint density at radius 3 is 2.45 bits per heavy atom. The number of nitrogens with one attached hydrogen (secondary N) is 1. The van der Waals surface area contributed by atoms with Crippen LogP contribution in [0.15, 0.2) is 48.5 Å². The van der Waals surface area contributed by atoms with E-state index in [1.807, 2.05) is 0 Å². The Morgan fingerprint density at radius 1 is 1.14 bits per heavy atom. The van der Waals surface area contributed by atoms with Gasteiger partial charge in [-0.2, -0.15) is 21.6 Å². The summed E-state index contributed by atoms with van der Waals surface area (Å²) in [4.78, 5) is 12.0. The third kappa shape index (κ3) is 6.01. The third-order valence-electron chi connectivity index (χ3n) is 3.58. The molecule has 0 aliphatic rings. The molecule has 2 rings (SSSR count). The van der Waals surface area contributed by atoms with Gasteiger partial charge in [-0.15, -0.1) is 0 Å². The van der Waals surface area contributed by atoms with Crippen molar-refractivity contribution < 1.29 is 39.3 Å². The molecule has 2 aromatic carbocycles. The number of amides is 1. The van der Waals surface area contributed by atoms with Crippen LogP contribution in [-0.2, 0) is 14.9 Å². The molecule has 0 saturated carbocycles. The van der Waals surface area contributed by atoms with Crippen molar-refractivity contribution >= 4 is 22.1 Å². The van der Waals surface area contributed by atoms with Crippen LogP contribution in [0.25, 0.3) is 6.08 Å². The lowest BCUT2D eigenvalue weighted by atomic mass is 10.1. The molecule has 0 saturated heterocycles. The van der Waals surface area contributed by atoms with Crippen LogP contribution in [0.3, 0.4) is 0 Å². The third-order valence-corrected chi connectivity index (χ3v) is 4.56. The van der Waals surface area contributed by atoms with Crippen molar-refractivity contribution in [2.24, 2.45) is 0 Å². The highest BCUT2D eigenvalue weighted by Gasteiger charge is 2.48. The van der Waals surface area contributed by atoms with Crippen LogP contribution >= 0.6 is 0 Å². The van der Waals surface area contributed by atoms with E-state index >= 15 is 0 Å². The molecule has 1 atom stereocenters. The molecule has 29 heavy (non-hydrogen) atoms. The molecule has 0 aromatic heterocycles. The molecule has 0 bridgehead atoms. The van der Waals surface area contributed by atoms with Crippen molar-refractivity contribution in [2.45, 2.75) is 18.5 Å². The molecule has 2 aromatic rings. The van der Waals surface area contributed by atoms with Crippen LogP contribution in [0, 0.1) is 11.6 Å². The van der Waals surface area contributed by atoms with Crippen LogP contribution in [0.4, 0.5) is 22.0 Å². The normalized spacial score (nSPS) is 13.3. The van der Waals surface area contributed by atoms with Gasteiger partial charge in [-0.3, -0.25) is 4.79 Å². The highest BCUT2D eigenvalue weighted by Crippen LogP contribution is 2.28. The predicted molar refractivity (Wildman–Crippen MR) is 94.0 cm³/mol. The van der Waals surface area contributed by atoms with Crippen LogP contribution in [0.5, 0.6) is 5.75 Å². The van der Waals surface area contributed by atoms with Gasteiger partial charge in [0.25, 0.3) is 0 Å². The van der Waals surface area contributed by atoms with Gasteiger partial charge in [-0.1, -0.05) is 12.1 Å². The van der Waals surface area contributed by atoms with Crippen molar-refractivity contribution in [3.63, 3.8) is 0 Å². The van der Waals surface area contributed by atoms with Gasteiger partial charge in [0, 0.05) is 17.7 Å². The van der Waals surface area contributed by atoms with Crippen LogP contribution in [0.1, 0.15) is 24.1 Å². The first-order chi connectivity index (χ1) is 13.4. The summed E-state index contributed by atoms with van der Waals surface area (Å²) < 4.78 is 89.8. The lowest BCUT2D eigenvalue weighted by Crippen LogP contribution is -2.28. The van der Waals surface area contributed by atoms with Gasteiger partial charge >= 0.3 is 15.6 Å². The summed E-state index contributed by atoms with van der Waals surface area (Å²) in [5, 5.41) is 2.47. The molecule has 11 heteroatoms. The van der Waals surface area contributed by atoms with E-state index in [1.54, 1.807) is 0 Å². The van der Waals surface area contributed by atoms with Crippen molar-refractivity contribution in [3.05, 3.63) is 71.3 Å². The second-order valence-electron chi connectivity index (χ2n) is 5.79. The topological polar surface area (TPSA) is 72.5 Å². The summed E-state index contributed by atoms with van der Waals surface area (Å²) in [6.45, 7) is 1.49. The minimum atomic E-state index is -5.82. The van der Waals surface area contributed by atoms with Crippen molar-refractivity contribution in [2.75, 3.05) is 0 Å². The number of hydrogen-bond donors (Lipinski definition) is 1. The van der Waals surface area contributed by atoms with Crippen LogP contribution in [0.2, 0.25) is 0 Å². The first-order valence-electron chi connectivity index (χ1n) is 7.93. The Kier molecular flexibility index (Phi) is 6.62. The fourth-order valence-electron chi connectivity index (χ4n) is 2.16. The number of rotatable bonds is 6. The highest BCUT2D eigenvalue weighted by molar-refractivity contribution is 7.88. The monoisotopic (exact) mass is 435 g/mol. The van der Waals surface area contributed by atoms with E-state index in [0.717, 1.165) is 36.4 Å². The summed E-state index contributed by atoms with van der Waals surface area (Å²) in [5.74, 6) is -2.88. The molecule has 0 fully saturated rings. The number of halogens is 5. The molecule has 0 heterocycles. The van der Waals surface area contributed by atoms with Gasteiger partial charge in [-0.25, -0.2) is 8.78 Å². The van der Waals surface area contributed by atoms with Gasteiger partial charge in [0.2, 0.25) is 5.91 Å². The number of carbonyl (C=O) groups is 1. The summed E-state index contributed by atoms with van der Waals surface area (Å²) >= 11 is 0. The van der Waals surface area contributed by atoms with E-state index in [1.165, 1.54) is 19.1 Å². The SMILES string of the molecule is C[C@H](NC(=O)/C=C/c1ccc(F)cc1F)c1cccc(OS(=O)(=O)C(F)(F)F)c1. The van der Waals surface area contributed by atoms with Gasteiger partial charge in [0.1, 0.15) is 17.4 Å². The first kappa shape index (κ1) is 22.3. The Bertz CT molecular complexity index is 1030. The largest absolute Gasteiger partial charge is 0.534 e. The zero-order valence-electron chi connectivity index (χ0n) is 14.7. The van der Waals surface area contributed by atoms with Crippen molar-refractivity contribution in [3.8, 4) is 5.75 Å². The maximum atomic E-state index is 13.5. The minimum absolute atomic E-state index is 0.0260. The molecule has 156 valence electrons. The molecule has 0 aliphatic heterocycles. The highest BCUT2D eigenvalue weighted by atomic mass is 32.2. The molecular formula is C18H14F5NO4S. The average molecular weight is 435 g/mol. The smallest absolute Gasteiger partial charge is 0.376 e. The Hall–Kier alpha value is -2.95. The Morgan fingerprint density at radius 2 is 1.83 bits per heavy atom. The van der Waals surface area contributed by atoms with Gasteiger partial charge < -0.3 is 9.50 Å². The Balaban J connectivity index is 2.08. The molecule has 5 nitrogen and oxygen atoms in total. The second kappa shape index (κ2) is 8.60. The average Bonchev–Trinajstić information content (AvgIpc) is 2.59. The van der Waals surface area contributed by atoms with E-state index in [9.17, 15) is 35.2 Å². The van der Waals surface area contributed by atoms with E-state index in [0.29, 0.717) is 6.07 Å². The lowest BCUT2D eigenvalue weighted by Gasteiger charge is -2.15. The minimum Gasteiger partial charge on any atom is -0.376 e. The van der Waals surface area contributed by atoms with Crippen molar-refractivity contribution in [1.82, 2.24) is 5.32 Å². The zero-order chi connectivity index (χ0) is 21.8. The molecule has 0 aliphatic carbocycles. The van der Waals surface area contributed by atoms with E-state index in [-0.39, 0.29) is 11.1 Å². The summed E-state index contributed by atoms with van der Waals surface area (Å²) in [6.07, 6.45) is 2.10. The van der Waals surface area contributed by atoms with E-state index < -0.39 is 45.0 Å². The quantitative estimate of drug-likeness (QED) is 0.321. The molecule has 0 spiro atoms. The fraction of sp³-hybridized carbons (Fsp3) is 0.167. The first-order valence-corrected chi connectivity index (χ1v) is 9.34. The molecule has 0 radical (unpaired) electrons. The number of benzene rings is 2.